The van der Waals surface area contributed by atoms with Crippen molar-refractivity contribution in [2.24, 2.45) is 0 Å². The number of sulfonamides is 1. The highest BCUT2D eigenvalue weighted by molar-refractivity contribution is 9.10. The van der Waals surface area contributed by atoms with Gasteiger partial charge < -0.3 is 9.64 Å². The number of piperazine rings is 1. The van der Waals surface area contributed by atoms with Crippen molar-refractivity contribution in [3.05, 3.63) is 0 Å². The molecule has 0 aromatic carbocycles. The van der Waals surface area contributed by atoms with Crippen LogP contribution in [0, 0.1) is 0 Å². The summed E-state index contributed by atoms with van der Waals surface area (Å²) in [6.45, 7) is 3.48. The van der Waals surface area contributed by atoms with Crippen LogP contribution in [0.5, 0.6) is 0 Å². The molecule has 1 heterocycles. The number of amides is 1. The Morgan fingerprint density at radius 2 is 1.88 bits per heavy atom. The lowest BCUT2D eigenvalue weighted by Gasteiger charge is -2.32. The van der Waals surface area contributed by atoms with E-state index in [1.165, 1.54) is 9.21 Å². The summed E-state index contributed by atoms with van der Waals surface area (Å²) < 4.78 is 29.1. The van der Waals surface area contributed by atoms with Crippen molar-refractivity contribution in [2.75, 3.05) is 37.4 Å². The van der Waals surface area contributed by atoms with Gasteiger partial charge in [-0.05, 0) is 6.92 Å². The van der Waals surface area contributed by atoms with Crippen LogP contribution >= 0.6 is 15.9 Å². The third kappa shape index (κ3) is 3.33. The van der Waals surface area contributed by atoms with Gasteiger partial charge >= 0.3 is 6.09 Å². The lowest BCUT2D eigenvalue weighted by atomic mass is 10.4. The minimum Gasteiger partial charge on any atom is -0.450 e. The van der Waals surface area contributed by atoms with E-state index in [4.69, 9.17) is 4.74 Å². The van der Waals surface area contributed by atoms with E-state index in [1.807, 2.05) is 0 Å². The highest BCUT2D eigenvalue weighted by Crippen LogP contribution is 2.10. The van der Waals surface area contributed by atoms with Crippen molar-refractivity contribution in [2.45, 2.75) is 6.92 Å². The van der Waals surface area contributed by atoms with E-state index in [0.717, 1.165) is 0 Å². The number of rotatable bonds is 3. The summed E-state index contributed by atoms with van der Waals surface area (Å²) in [7, 11) is -3.21. The van der Waals surface area contributed by atoms with Gasteiger partial charge in [-0.25, -0.2) is 13.2 Å². The lowest BCUT2D eigenvalue weighted by Crippen LogP contribution is -2.50. The second-order valence-corrected chi connectivity index (χ2v) is 6.58. The Morgan fingerprint density at radius 1 is 1.31 bits per heavy atom. The molecule has 94 valence electrons. The van der Waals surface area contributed by atoms with E-state index >= 15 is 0 Å². The van der Waals surface area contributed by atoms with E-state index in [2.05, 4.69) is 15.9 Å². The Kier molecular flexibility index (Phi) is 5.00. The predicted octanol–water partition coefficient (Wildman–Crippen LogP) is 0.443. The van der Waals surface area contributed by atoms with Crippen LogP contribution in [0.15, 0.2) is 0 Å². The number of carbonyl (C=O) groups excluding carboxylic acids is 1. The maximum absolute atomic E-state index is 11.5. The van der Waals surface area contributed by atoms with Gasteiger partial charge in [0.15, 0.2) is 0 Å². The van der Waals surface area contributed by atoms with Gasteiger partial charge in [0.05, 0.1) is 6.61 Å². The van der Waals surface area contributed by atoms with Crippen molar-refractivity contribution < 1.29 is 17.9 Å². The minimum absolute atomic E-state index is 0.0839. The monoisotopic (exact) mass is 314 g/mol. The first-order valence-corrected chi connectivity index (χ1v) is 7.70. The fourth-order valence-corrected chi connectivity index (χ4v) is 3.16. The molecule has 16 heavy (non-hydrogen) atoms. The summed E-state index contributed by atoms with van der Waals surface area (Å²) in [4.78, 5) is 12.9. The molecule has 6 nitrogen and oxygen atoms in total. The second-order valence-electron chi connectivity index (χ2n) is 3.31. The molecule has 0 saturated carbocycles. The lowest BCUT2D eigenvalue weighted by molar-refractivity contribution is 0.0935. The van der Waals surface area contributed by atoms with E-state index < -0.39 is 10.0 Å². The first-order valence-electron chi connectivity index (χ1n) is 4.96. The molecule has 1 aliphatic rings. The molecule has 1 amide bonds. The maximum atomic E-state index is 11.5. The summed E-state index contributed by atoms with van der Waals surface area (Å²) in [5, 5.41) is 0. The number of carbonyl (C=O) groups is 1. The van der Waals surface area contributed by atoms with Crippen LogP contribution in [0.2, 0.25) is 0 Å². The molecule has 8 heteroatoms. The molecule has 0 N–H and O–H groups in total. The average Bonchev–Trinajstić information content (AvgIpc) is 2.29. The van der Waals surface area contributed by atoms with E-state index in [9.17, 15) is 13.2 Å². The zero-order chi connectivity index (χ0) is 12.2. The number of alkyl halides is 1. The number of hydrogen-bond donors (Lipinski definition) is 0. The molecule has 0 bridgehead atoms. The van der Waals surface area contributed by atoms with Crippen LogP contribution in [0.1, 0.15) is 6.92 Å². The van der Waals surface area contributed by atoms with Crippen LogP contribution in [0.4, 0.5) is 4.79 Å². The summed E-state index contributed by atoms with van der Waals surface area (Å²) in [6, 6.07) is 0. The van der Waals surface area contributed by atoms with E-state index in [-0.39, 0.29) is 10.8 Å². The van der Waals surface area contributed by atoms with Crippen molar-refractivity contribution in [1.82, 2.24) is 9.21 Å². The van der Waals surface area contributed by atoms with Gasteiger partial charge in [-0.1, -0.05) is 15.9 Å². The highest BCUT2D eigenvalue weighted by Gasteiger charge is 2.28. The number of ether oxygens (including phenoxy) is 1. The molecule has 0 aliphatic carbocycles. The Bertz CT molecular complexity index is 338. The van der Waals surface area contributed by atoms with Crippen LogP contribution in [-0.4, -0.2) is 61.2 Å². The standard InChI is InChI=1S/C8H15BrN2O4S/c1-2-15-8(12)10-3-5-11(6-4-10)16(13,14)7-9/h2-7H2,1H3. The van der Waals surface area contributed by atoms with Crippen molar-refractivity contribution in [1.29, 1.82) is 0 Å². The first kappa shape index (κ1) is 13.7. The molecule has 0 spiro atoms. The number of nitrogens with zero attached hydrogens (tertiary/aromatic N) is 2. The number of hydrogen-bond acceptors (Lipinski definition) is 4. The van der Waals surface area contributed by atoms with Crippen molar-refractivity contribution in [3.63, 3.8) is 0 Å². The largest absolute Gasteiger partial charge is 0.450 e. The smallest absolute Gasteiger partial charge is 0.409 e. The van der Waals surface area contributed by atoms with E-state index in [0.29, 0.717) is 32.8 Å². The molecule has 1 aliphatic heterocycles. The topological polar surface area (TPSA) is 66.9 Å². The average molecular weight is 315 g/mol. The number of halogens is 1. The van der Waals surface area contributed by atoms with Gasteiger partial charge in [0.25, 0.3) is 0 Å². The predicted molar refractivity (Wildman–Crippen MR) is 62.9 cm³/mol. The second kappa shape index (κ2) is 5.83. The van der Waals surface area contributed by atoms with Crippen molar-refractivity contribution in [3.8, 4) is 0 Å². The van der Waals surface area contributed by atoms with Crippen LogP contribution < -0.4 is 0 Å². The zero-order valence-electron chi connectivity index (χ0n) is 9.06. The third-order valence-corrected chi connectivity index (χ3v) is 5.46. The van der Waals surface area contributed by atoms with Gasteiger partial charge in [-0.3, -0.25) is 0 Å². The molecular weight excluding hydrogens is 300 g/mol. The summed E-state index contributed by atoms with van der Waals surface area (Å²) in [5.41, 5.74) is 0. The maximum Gasteiger partial charge on any atom is 0.409 e. The van der Waals surface area contributed by atoms with Crippen LogP contribution in [0.25, 0.3) is 0 Å². The third-order valence-electron chi connectivity index (χ3n) is 2.30. The van der Waals surface area contributed by atoms with Gasteiger partial charge in [0.2, 0.25) is 10.0 Å². The molecule has 0 aromatic heterocycles. The van der Waals surface area contributed by atoms with Crippen molar-refractivity contribution >= 4 is 32.0 Å². The molecule has 0 radical (unpaired) electrons. The summed E-state index contributed by atoms with van der Waals surface area (Å²) in [5.74, 6) is 0. The SMILES string of the molecule is CCOC(=O)N1CCN(S(=O)(=O)CBr)CC1. The molecule has 1 fully saturated rings. The van der Waals surface area contributed by atoms with Gasteiger partial charge in [-0.15, -0.1) is 0 Å². The molecule has 0 unspecified atom stereocenters. The minimum atomic E-state index is -3.21. The Balaban J connectivity index is 2.49. The molecule has 1 saturated heterocycles. The fraction of sp³-hybridized carbons (Fsp3) is 0.875. The summed E-state index contributed by atoms with van der Waals surface area (Å²) in [6.07, 6.45) is -0.376. The quantitative estimate of drug-likeness (QED) is 0.709. The first-order chi connectivity index (χ1) is 7.51. The molecule has 1 rings (SSSR count). The van der Waals surface area contributed by atoms with E-state index in [1.54, 1.807) is 6.92 Å². The Morgan fingerprint density at radius 3 is 2.31 bits per heavy atom. The van der Waals surface area contributed by atoms with Crippen LogP contribution in [-0.2, 0) is 14.8 Å². The van der Waals surface area contributed by atoms with Gasteiger partial charge in [0, 0.05) is 26.2 Å². The molecule has 0 atom stereocenters. The molecule has 0 aromatic rings. The highest BCUT2D eigenvalue weighted by atomic mass is 79.9. The zero-order valence-corrected chi connectivity index (χ0v) is 11.5. The fourth-order valence-electron chi connectivity index (χ4n) is 1.43. The van der Waals surface area contributed by atoms with Gasteiger partial charge in [0.1, 0.15) is 4.66 Å². The molecular formula is C8H15BrN2O4S. The Hall–Kier alpha value is -0.340. The normalized spacial score (nSPS) is 18.5. The Labute approximate surface area is 104 Å². The summed E-state index contributed by atoms with van der Waals surface area (Å²) >= 11 is 2.94. The van der Waals surface area contributed by atoms with Gasteiger partial charge in [-0.2, -0.15) is 4.31 Å². The van der Waals surface area contributed by atoms with Crippen LogP contribution in [0.3, 0.4) is 0 Å².